The molecule has 14 heavy (non-hydrogen) atoms. The third-order valence-corrected chi connectivity index (χ3v) is 1.95. The zero-order valence-electron chi connectivity index (χ0n) is 7.04. The fraction of sp³-hybridized carbons (Fsp3) is 0. The topological polar surface area (TPSA) is 65.0 Å². The minimum absolute atomic E-state index is 0.449. The van der Waals surface area contributed by atoms with Crippen molar-refractivity contribution in [2.45, 2.75) is 0 Å². The number of nitrogens with zero attached hydrogens (tertiary/aromatic N) is 3. The Morgan fingerprint density at radius 2 is 2.14 bits per heavy atom. The van der Waals surface area contributed by atoms with E-state index in [1.807, 2.05) is 18.2 Å². The molecule has 2 heterocycles. The maximum absolute atomic E-state index is 5.16. The van der Waals surface area contributed by atoms with Crippen LogP contribution in [0, 0.1) is 0 Å². The van der Waals surface area contributed by atoms with Gasteiger partial charge in [-0.05, 0) is 12.1 Å². The van der Waals surface area contributed by atoms with Gasteiger partial charge < -0.3 is 8.94 Å². The fourth-order valence-corrected chi connectivity index (χ4v) is 1.35. The lowest BCUT2D eigenvalue weighted by atomic mass is 10.2. The Morgan fingerprint density at radius 1 is 1.14 bits per heavy atom. The van der Waals surface area contributed by atoms with Gasteiger partial charge in [-0.15, -0.1) is 0 Å². The summed E-state index contributed by atoms with van der Waals surface area (Å²) >= 11 is 0. The van der Waals surface area contributed by atoms with Gasteiger partial charge in [-0.1, -0.05) is 11.2 Å². The number of aromatic nitrogens is 3. The fourth-order valence-electron chi connectivity index (χ4n) is 1.35. The first-order valence-corrected chi connectivity index (χ1v) is 4.04. The molecule has 68 valence electrons. The summed E-state index contributed by atoms with van der Waals surface area (Å²) in [6, 6.07) is 5.55. The van der Waals surface area contributed by atoms with E-state index < -0.39 is 0 Å². The lowest BCUT2D eigenvalue weighted by Gasteiger charge is -1.93. The number of rotatable bonds is 1. The molecule has 0 spiro atoms. The molecule has 0 N–H and O–H groups in total. The van der Waals surface area contributed by atoms with E-state index >= 15 is 0 Å². The second kappa shape index (κ2) is 2.66. The van der Waals surface area contributed by atoms with Gasteiger partial charge in [-0.3, -0.25) is 0 Å². The number of fused-ring (bicyclic) bond motifs is 1. The van der Waals surface area contributed by atoms with Gasteiger partial charge in [-0.25, -0.2) is 4.98 Å². The highest BCUT2D eigenvalue weighted by molar-refractivity contribution is 5.87. The Bertz CT molecular complexity index is 556. The monoisotopic (exact) mass is 187 g/mol. The average molecular weight is 187 g/mol. The molecule has 3 aromatic rings. The number of oxazole rings is 1. The minimum Gasteiger partial charge on any atom is -0.443 e. The zero-order valence-corrected chi connectivity index (χ0v) is 7.04. The van der Waals surface area contributed by atoms with E-state index in [0.717, 1.165) is 11.1 Å². The van der Waals surface area contributed by atoms with Crippen LogP contribution < -0.4 is 0 Å². The molecule has 0 amide bonds. The molecular weight excluding hydrogens is 182 g/mol. The SMILES string of the molecule is c1cc(-c2ncno2)c2ncoc2c1. The number of benzene rings is 1. The highest BCUT2D eigenvalue weighted by atomic mass is 16.5. The second-order valence-electron chi connectivity index (χ2n) is 2.75. The Hall–Kier alpha value is -2.17. The van der Waals surface area contributed by atoms with E-state index in [2.05, 4.69) is 15.1 Å². The molecule has 0 saturated heterocycles. The van der Waals surface area contributed by atoms with Gasteiger partial charge in [0.25, 0.3) is 5.89 Å². The summed E-state index contributed by atoms with van der Waals surface area (Å²) in [5, 5.41) is 3.55. The van der Waals surface area contributed by atoms with Crippen molar-refractivity contribution in [3.63, 3.8) is 0 Å². The van der Waals surface area contributed by atoms with E-state index in [1.165, 1.54) is 12.7 Å². The molecule has 5 nitrogen and oxygen atoms in total. The molecule has 3 rings (SSSR count). The smallest absolute Gasteiger partial charge is 0.259 e. The number of hydrogen-bond donors (Lipinski definition) is 0. The largest absolute Gasteiger partial charge is 0.443 e. The molecule has 0 aliphatic carbocycles. The second-order valence-corrected chi connectivity index (χ2v) is 2.75. The summed E-state index contributed by atoms with van der Waals surface area (Å²) < 4.78 is 10.1. The van der Waals surface area contributed by atoms with Crippen LogP contribution in [0.1, 0.15) is 0 Å². The van der Waals surface area contributed by atoms with Crippen LogP contribution in [0.15, 0.2) is 39.9 Å². The van der Waals surface area contributed by atoms with Crippen molar-refractivity contribution in [3.05, 3.63) is 30.9 Å². The van der Waals surface area contributed by atoms with Crippen molar-refractivity contribution >= 4 is 11.1 Å². The molecule has 0 aliphatic heterocycles. The van der Waals surface area contributed by atoms with Crippen LogP contribution in [0.25, 0.3) is 22.6 Å². The van der Waals surface area contributed by atoms with Crippen molar-refractivity contribution in [1.82, 2.24) is 15.1 Å². The van der Waals surface area contributed by atoms with Crippen LogP contribution in [0.2, 0.25) is 0 Å². The first-order valence-electron chi connectivity index (χ1n) is 4.04. The van der Waals surface area contributed by atoms with E-state index in [-0.39, 0.29) is 0 Å². The van der Waals surface area contributed by atoms with E-state index in [9.17, 15) is 0 Å². The zero-order chi connectivity index (χ0) is 9.38. The Balaban J connectivity index is 2.36. The van der Waals surface area contributed by atoms with Gasteiger partial charge in [0.2, 0.25) is 0 Å². The lowest BCUT2D eigenvalue weighted by molar-refractivity contribution is 0.430. The first kappa shape index (κ1) is 7.25. The summed E-state index contributed by atoms with van der Waals surface area (Å²) in [5.41, 5.74) is 2.23. The van der Waals surface area contributed by atoms with E-state index in [4.69, 9.17) is 8.94 Å². The molecule has 0 atom stereocenters. The summed E-state index contributed by atoms with van der Waals surface area (Å²) in [7, 11) is 0. The van der Waals surface area contributed by atoms with Gasteiger partial charge in [0.1, 0.15) is 5.52 Å². The van der Waals surface area contributed by atoms with Crippen LogP contribution in [0.4, 0.5) is 0 Å². The van der Waals surface area contributed by atoms with Crippen LogP contribution in [0.3, 0.4) is 0 Å². The predicted molar refractivity (Wildman–Crippen MR) is 47.3 cm³/mol. The van der Waals surface area contributed by atoms with Gasteiger partial charge in [-0.2, -0.15) is 4.98 Å². The molecular formula is C9H5N3O2. The molecule has 0 radical (unpaired) electrons. The molecule has 2 aromatic heterocycles. The molecule has 1 aromatic carbocycles. The highest BCUT2D eigenvalue weighted by Crippen LogP contribution is 2.25. The van der Waals surface area contributed by atoms with Crippen LogP contribution in [-0.4, -0.2) is 15.1 Å². The summed E-state index contributed by atoms with van der Waals surface area (Å²) in [6.45, 7) is 0. The maximum atomic E-state index is 5.16. The Labute approximate surface area is 78.4 Å². The van der Waals surface area contributed by atoms with E-state index in [0.29, 0.717) is 11.5 Å². The normalized spacial score (nSPS) is 10.9. The van der Waals surface area contributed by atoms with Crippen molar-refractivity contribution in [3.8, 4) is 11.5 Å². The van der Waals surface area contributed by atoms with Crippen molar-refractivity contribution in [2.24, 2.45) is 0 Å². The van der Waals surface area contributed by atoms with Crippen LogP contribution >= 0.6 is 0 Å². The van der Waals surface area contributed by atoms with Crippen molar-refractivity contribution in [2.75, 3.05) is 0 Å². The van der Waals surface area contributed by atoms with Gasteiger partial charge in [0.15, 0.2) is 18.3 Å². The summed E-state index contributed by atoms with van der Waals surface area (Å²) in [4.78, 5) is 8.04. The molecule has 5 heteroatoms. The van der Waals surface area contributed by atoms with Gasteiger partial charge >= 0.3 is 0 Å². The maximum Gasteiger partial charge on any atom is 0.259 e. The molecule has 0 saturated carbocycles. The van der Waals surface area contributed by atoms with Crippen molar-refractivity contribution in [1.29, 1.82) is 0 Å². The quantitative estimate of drug-likeness (QED) is 0.581. The van der Waals surface area contributed by atoms with Crippen LogP contribution in [0.5, 0.6) is 0 Å². The summed E-state index contributed by atoms with van der Waals surface area (Å²) in [6.07, 6.45) is 2.75. The molecule has 0 aliphatic rings. The van der Waals surface area contributed by atoms with E-state index in [1.54, 1.807) is 0 Å². The molecule has 0 fully saturated rings. The summed E-state index contributed by atoms with van der Waals surface area (Å²) in [5.74, 6) is 0.449. The van der Waals surface area contributed by atoms with Crippen molar-refractivity contribution < 1.29 is 8.94 Å². The number of hydrogen-bond acceptors (Lipinski definition) is 5. The Kier molecular flexibility index (Phi) is 1.38. The third kappa shape index (κ3) is 0.922. The first-order chi connectivity index (χ1) is 6.95. The molecule has 0 unspecified atom stereocenters. The third-order valence-electron chi connectivity index (χ3n) is 1.95. The standard InChI is InChI=1S/C9H5N3O2/c1-2-6(9-10-4-12-14-9)8-7(3-1)13-5-11-8/h1-5H. The molecule has 0 bridgehead atoms. The van der Waals surface area contributed by atoms with Gasteiger partial charge in [0, 0.05) is 0 Å². The highest BCUT2D eigenvalue weighted by Gasteiger charge is 2.10. The minimum atomic E-state index is 0.449. The Morgan fingerprint density at radius 3 is 3.00 bits per heavy atom. The predicted octanol–water partition coefficient (Wildman–Crippen LogP) is 1.88. The number of para-hydroxylation sites is 1. The lowest BCUT2D eigenvalue weighted by Crippen LogP contribution is -1.79. The van der Waals surface area contributed by atoms with Gasteiger partial charge in [0.05, 0.1) is 5.56 Å². The average Bonchev–Trinajstić information content (AvgIpc) is 2.88. The van der Waals surface area contributed by atoms with Crippen LogP contribution in [-0.2, 0) is 0 Å².